The van der Waals surface area contributed by atoms with Gasteiger partial charge in [0.1, 0.15) is 11.6 Å². The van der Waals surface area contributed by atoms with Gasteiger partial charge in [0.15, 0.2) is 0 Å². The highest BCUT2D eigenvalue weighted by molar-refractivity contribution is 6.30. The van der Waals surface area contributed by atoms with Crippen LogP contribution in [-0.2, 0) is 17.6 Å². The van der Waals surface area contributed by atoms with Crippen molar-refractivity contribution in [1.29, 1.82) is 0 Å². The van der Waals surface area contributed by atoms with E-state index in [1.54, 1.807) is 6.07 Å². The Kier molecular flexibility index (Phi) is 5.27. The number of nitrogens with one attached hydrogen (secondary N) is 1. The molecule has 4 rings (SSSR count). The standard InChI is InChI=1S/C22H22ClFN2O2/c1-14(8-15-2-5-19(23)20(24)9-15)26-11-16(12-26)13-28-18-4-6-21-17(10-18)3-7-22(27)25-21/h2,4-6,9-10,16H,1,3,7-8,11-13H2,(H,25,27). The van der Waals surface area contributed by atoms with Crippen LogP contribution in [0.2, 0.25) is 5.02 Å². The number of ether oxygens (including phenoxy) is 1. The summed E-state index contributed by atoms with van der Waals surface area (Å²) >= 11 is 5.73. The van der Waals surface area contributed by atoms with Gasteiger partial charge in [-0.15, -0.1) is 0 Å². The van der Waals surface area contributed by atoms with Gasteiger partial charge in [-0.05, 0) is 47.9 Å². The second kappa shape index (κ2) is 7.84. The fourth-order valence-corrected chi connectivity index (χ4v) is 3.71. The highest BCUT2D eigenvalue weighted by Gasteiger charge is 2.28. The van der Waals surface area contributed by atoms with E-state index in [0.29, 0.717) is 25.4 Å². The monoisotopic (exact) mass is 400 g/mol. The van der Waals surface area contributed by atoms with Crippen molar-refractivity contribution in [1.82, 2.24) is 4.90 Å². The molecule has 1 fully saturated rings. The molecular weight excluding hydrogens is 379 g/mol. The van der Waals surface area contributed by atoms with Crippen LogP contribution < -0.4 is 10.1 Å². The molecule has 146 valence electrons. The van der Waals surface area contributed by atoms with Gasteiger partial charge in [-0.3, -0.25) is 4.79 Å². The Balaban J connectivity index is 1.24. The number of rotatable bonds is 6. The van der Waals surface area contributed by atoms with Crippen molar-refractivity contribution in [3.05, 3.63) is 70.6 Å². The molecule has 2 heterocycles. The second-order valence-corrected chi connectivity index (χ2v) is 7.85. The smallest absolute Gasteiger partial charge is 0.224 e. The maximum Gasteiger partial charge on any atom is 0.224 e. The maximum absolute atomic E-state index is 13.6. The van der Waals surface area contributed by atoms with Crippen LogP contribution in [0.4, 0.5) is 10.1 Å². The lowest BCUT2D eigenvalue weighted by molar-refractivity contribution is -0.116. The van der Waals surface area contributed by atoms with E-state index in [2.05, 4.69) is 16.8 Å². The Bertz CT molecular complexity index is 925. The van der Waals surface area contributed by atoms with Gasteiger partial charge < -0.3 is 15.0 Å². The number of amides is 1. The number of benzene rings is 2. The number of nitrogens with zero attached hydrogens (tertiary/aromatic N) is 1. The largest absolute Gasteiger partial charge is 0.493 e. The SMILES string of the molecule is C=C(Cc1ccc(Cl)c(F)c1)N1CC(COc2ccc3c(c2)CCC(=O)N3)C1. The Morgan fingerprint density at radius 2 is 2.07 bits per heavy atom. The molecule has 0 spiro atoms. The first kappa shape index (κ1) is 18.8. The van der Waals surface area contributed by atoms with E-state index < -0.39 is 5.82 Å². The molecule has 6 heteroatoms. The number of carbonyl (C=O) groups excluding carboxylic acids is 1. The topological polar surface area (TPSA) is 41.6 Å². The number of carbonyl (C=O) groups is 1. The number of anilines is 1. The van der Waals surface area contributed by atoms with Gasteiger partial charge in [-0.1, -0.05) is 24.2 Å². The fraction of sp³-hybridized carbons (Fsp3) is 0.318. The predicted molar refractivity (Wildman–Crippen MR) is 108 cm³/mol. The number of allylic oxidation sites excluding steroid dienone is 1. The van der Waals surface area contributed by atoms with Crippen LogP contribution in [0.15, 0.2) is 48.7 Å². The fourth-order valence-electron chi connectivity index (χ4n) is 3.59. The molecule has 1 N–H and O–H groups in total. The van der Waals surface area contributed by atoms with Crippen molar-refractivity contribution < 1.29 is 13.9 Å². The number of hydrogen-bond acceptors (Lipinski definition) is 3. The zero-order chi connectivity index (χ0) is 19.7. The van der Waals surface area contributed by atoms with Crippen molar-refractivity contribution in [2.75, 3.05) is 25.0 Å². The van der Waals surface area contributed by atoms with Crippen LogP contribution in [0, 0.1) is 11.7 Å². The minimum atomic E-state index is -0.397. The molecule has 1 saturated heterocycles. The molecule has 2 aromatic rings. The summed E-state index contributed by atoms with van der Waals surface area (Å²) in [6.07, 6.45) is 1.88. The van der Waals surface area contributed by atoms with Crippen LogP contribution >= 0.6 is 11.6 Å². The Morgan fingerprint density at radius 3 is 2.86 bits per heavy atom. The van der Waals surface area contributed by atoms with E-state index in [-0.39, 0.29) is 10.9 Å². The van der Waals surface area contributed by atoms with E-state index in [1.807, 2.05) is 24.3 Å². The van der Waals surface area contributed by atoms with Crippen LogP contribution in [0.3, 0.4) is 0 Å². The first-order chi connectivity index (χ1) is 13.5. The average molecular weight is 401 g/mol. The van der Waals surface area contributed by atoms with Gasteiger partial charge in [0, 0.05) is 43.2 Å². The van der Waals surface area contributed by atoms with Crippen molar-refractivity contribution in [2.45, 2.75) is 19.3 Å². The minimum absolute atomic E-state index is 0.0669. The minimum Gasteiger partial charge on any atom is -0.493 e. The molecule has 0 aliphatic carbocycles. The van der Waals surface area contributed by atoms with Gasteiger partial charge in [-0.25, -0.2) is 4.39 Å². The summed E-state index contributed by atoms with van der Waals surface area (Å²) in [6.45, 7) is 6.54. The molecule has 0 bridgehead atoms. The summed E-state index contributed by atoms with van der Waals surface area (Å²) in [6, 6.07) is 10.7. The third-order valence-corrected chi connectivity index (χ3v) is 5.56. The van der Waals surface area contributed by atoms with E-state index in [0.717, 1.165) is 47.8 Å². The van der Waals surface area contributed by atoms with Crippen LogP contribution in [-0.4, -0.2) is 30.5 Å². The molecule has 2 aliphatic rings. The number of fused-ring (bicyclic) bond motifs is 1. The molecular formula is C22H22ClFN2O2. The Labute approximate surface area is 168 Å². The molecule has 0 aromatic heterocycles. The van der Waals surface area contributed by atoms with Gasteiger partial charge in [0.2, 0.25) is 5.91 Å². The summed E-state index contributed by atoms with van der Waals surface area (Å²) in [7, 11) is 0. The molecule has 0 atom stereocenters. The van der Waals surface area contributed by atoms with E-state index in [1.165, 1.54) is 6.07 Å². The summed E-state index contributed by atoms with van der Waals surface area (Å²) in [4.78, 5) is 13.6. The first-order valence-electron chi connectivity index (χ1n) is 9.40. The van der Waals surface area contributed by atoms with E-state index in [9.17, 15) is 9.18 Å². The average Bonchev–Trinajstić information content (AvgIpc) is 2.63. The number of aryl methyl sites for hydroxylation is 1. The van der Waals surface area contributed by atoms with Crippen LogP contribution in [0.25, 0.3) is 0 Å². The summed E-state index contributed by atoms with van der Waals surface area (Å²) in [5.74, 6) is 0.946. The number of halogens is 2. The van der Waals surface area contributed by atoms with Crippen molar-refractivity contribution >= 4 is 23.2 Å². The summed E-state index contributed by atoms with van der Waals surface area (Å²) in [5.41, 5.74) is 3.85. The van der Waals surface area contributed by atoms with Gasteiger partial charge in [-0.2, -0.15) is 0 Å². The normalized spacial score (nSPS) is 16.2. The highest BCUT2D eigenvalue weighted by Crippen LogP contribution is 2.28. The lowest BCUT2D eigenvalue weighted by Crippen LogP contribution is -2.48. The molecule has 2 aliphatic heterocycles. The number of hydrogen-bond donors (Lipinski definition) is 1. The van der Waals surface area contributed by atoms with Crippen LogP contribution in [0.5, 0.6) is 5.75 Å². The molecule has 0 saturated carbocycles. The van der Waals surface area contributed by atoms with Gasteiger partial charge in [0.05, 0.1) is 11.6 Å². The Morgan fingerprint density at radius 1 is 1.25 bits per heavy atom. The summed E-state index contributed by atoms with van der Waals surface area (Å²) < 4.78 is 19.5. The molecule has 0 radical (unpaired) electrons. The predicted octanol–water partition coefficient (Wildman–Crippen LogP) is 4.43. The quantitative estimate of drug-likeness (QED) is 0.779. The van der Waals surface area contributed by atoms with Crippen molar-refractivity contribution in [3.8, 4) is 5.75 Å². The molecule has 2 aromatic carbocycles. The summed E-state index contributed by atoms with van der Waals surface area (Å²) in [5, 5.41) is 3.02. The zero-order valence-corrected chi connectivity index (χ0v) is 16.3. The third-order valence-electron chi connectivity index (χ3n) is 5.25. The lowest BCUT2D eigenvalue weighted by atomic mass is 9.98. The van der Waals surface area contributed by atoms with Gasteiger partial charge >= 0.3 is 0 Å². The van der Waals surface area contributed by atoms with Crippen molar-refractivity contribution in [3.63, 3.8) is 0 Å². The third kappa shape index (κ3) is 4.14. The molecule has 28 heavy (non-hydrogen) atoms. The highest BCUT2D eigenvalue weighted by atomic mass is 35.5. The zero-order valence-electron chi connectivity index (χ0n) is 15.5. The molecule has 0 unspecified atom stereocenters. The van der Waals surface area contributed by atoms with E-state index in [4.69, 9.17) is 16.3 Å². The first-order valence-corrected chi connectivity index (χ1v) is 9.78. The van der Waals surface area contributed by atoms with Crippen molar-refractivity contribution in [2.24, 2.45) is 5.92 Å². The maximum atomic E-state index is 13.6. The Hall–Kier alpha value is -2.53. The molecule has 4 nitrogen and oxygen atoms in total. The van der Waals surface area contributed by atoms with Gasteiger partial charge in [0.25, 0.3) is 0 Å². The number of likely N-dealkylation sites (tertiary alicyclic amines) is 1. The molecule has 1 amide bonds. The second-order valence-electron chi connectivity index (χ2n) is 7.44. The lowest BCUT2D eigenvalue weighted by Gasteiger charge is -2.42. The van der Waals surface area contributed by atoms with Crippen LogP contribution in [0.1, 0.15) is 17.5 Å². The van der Waals surface area contributed by atoms with E-state index >= 15 is 0 Å².